The maximum Gasteiger partial charge on any atom is 0.408 e. The Labute approximate surface area is 157 Å². The number of alkyl carbamates (subject to hydrolysis) is 1. The van der Waals surface area contributed by atoms with E-state index in [4.69, 9.17) is 14.2 Å². The van der Waals surface area contributed by atoms with Gasteiger partial charge in [-0.2, -0.15) is 0 Å². The lowest BCUT2D eigenvalue weighted by Crippen LogP contribution is -2.48. The number of carbonyl (C=O) groups is 2. The van der Waals surface area contributed by atoms with Crippen LogP contribution in [0.25, 0.3) is 0 Å². The normalized spacial score (nSPS) is 16.1. The molecule has 0 unspecified atom stereocenters. The second-order valence-corrected chi connectivity index (χ2v) is 6.17. The third kappa shape index (κ3) is 5.37. The van der Waals surface area contributed by atoms with Gasteiger partial charge in [0.2, 0.25) is 5.91 Å². The van der Waals surface area contributed by atoms with Gasteiger partial charge >= 0.3 is 6.09 Å². The van der Waals surface area contributed by atoms with Gasteiger partial charge < -0.3 is 24.8 Å². The molecule has 0 saturated heterocycles. The molecule has 0 bridgehead atoms. The van der Waals surface area contributed by atoms with Crippen molar-refractivity contribution < 1.29 is 23.8 Å². The summed E-state index contributed by atoms with van der Waals surface area (Å²) in [6.45, 7) is 2.36. The molecule has 27 heavy (non-hydrogen) atoms. The van der Waals surface area contributed by atoms with Crippen molar-refractivity contribution in [3.05, 3.63) is 60.2 Å². The van der Waals surface area contributed by atoms with Gasteiger partial charge in [-0.25, -0.2) is 4.79 Å². The van der Waals surface area contributed by atoms with E-state index in [2.05, 4.69) is 10.6 Å². The van der Waals surface area contributed by atoms with E-state index in [1.807, 2.05) is 54.6 Å². The summed E-state index contributed by atoms with van der Waals surface area (Å²) in [7, 11) is 0. The lowest BCUT2D eigenvalue weighted by atomic mass is 10.2. The molecule has 7 heteroatoms. The maximum absolute atomic E-state index is 12.2. The van der Waals surface area contributed by atoms with Crippen LogP contribution in [-0.2, 0) is 16.1 Å². The summed E-state index contributed by atoms with van der Waals surface area (Å²) in [5.41, 5.74) is 0.875. The third-order valence-corrected chi connectivity index (χ3v) is 4.01. The third-order valence-electron chi connectivity index (χ3n) is 4.01. The zero-order valence-corrected chi connectivity index (χ0v) is 15.0. The lowest BCUT2D eigenvalue weighted by Gasteiger charge is -2.27. The largest absolute Gasteiger partial charge is 0.486 e. The fourth-order valence-electron chi connectivity index (χ4n) is 2.54. The summed E-state index contributed by atoms with van der Waals surface area (Å²) in [4.78, 5) is 24.0. The average molecular weight is 370 g/mol. The molecule has 0 spiro atoms. The van der Waals surface area contributed by atoms with Crippen LogP contribution >= 0.6 is 0 Å². The first kappa shape index (κ1) is 18.6. The molecule has 1 heterocycles. The Morgan fingerprint density at radius 1 is 1.11 bits per heavy atom. The number of para-hydroxylation sites is 2. The molecule has 0 aromatic heterocycles. The van der Waals surface area contributed by atoms with E-state index >= 15 is 0 Å². The second kappa shape index (κ2) is 8.93. The van der Waals surface area contributed by atoms with E-state index in [-0.39, 0.29) is 25.2 Å². The first-order valence-corrected chi connectivity index (χ1v) is 8.75. The molecule has 3 rings (SSSR count). The highest BCUT2D eigenvalue weighted by atomic mass is 16.6. The highest BCUT2D eigenvalue weighted by molar-refractivity contribution is 5.85. The quantitative estimate of drug-likeness (QED) is 0.815. The number of rotatable bonds is 6. The lowest BCUT2D eigenvalue weighted by molar-refractivity contribution is -0.123. The van der Waals surface area contributed by atoms with Crippen molar-refractivity contribution in [2.45, 2.75) is 25.7 Å². The van der Waals surface area contributed by atoms with Crippen molar-refractivity contribution in [3.8, 4) is 11.5 Å². The monoisotopic (exact) mass is 370 g/mol. The average Bonchev–Trinajstić information content (AvgIpc) is 2.71. The van der Waals surface area contributed by atoms with Crippen LogP contribution in [0.2, 0.25) is 0 Å². The van der Waals surface area contributed by atoms with Gasteiger partial charge in [-0.1, -0.05) is 42.5 Å². The summed E-state index contributed by atoms with van der Waals surface area (Å²) >= 11 is 0. The molecule has 2 amide bonds. The van der Waals surface area contributed by atoms with Gasteiger partial charge in [0, 0.05) is 0 Å². The fourth-order valence-corrected chi connectivity index (χ4v) is 2.54. The number of hydrogen-bond donors (Lipinski definition) is 2. The van der Waals surface area contributed by atoms with E-state index in [0.717, 1.165) is 5.56 Å². The minimum absolute atomic E-state index is 0.147. The van der Waals surface area contributed by atoms with Crippen molar-refractivity contribution in [1.29, 1.82) is 0 Å². The molecule has 0 saturated carbocycles. The Bertz CT molecular complexity index is 781. The summed E-state index contributed by atoms with van der Waals surface area (Å²) in [6.07, 6.45) is -0.936. The summed E-state index contributed by atoms with van der Waals surface area (Å²) in [6, 6.07) is 16.0. The van der Waals surface area contributed by atoms with Crippen LogP contribution in [0.5, 0.6) is 11.5 Å². The van der Waals surface area contributed by atoms with Crippen LogP contribution in [0.3, 0.4) is 0 Å². The molecule has 2 aromatic rings. The van der Waals surface area contributed by atoms with Crippen LogP contribution in [0, 0.1) is 0 Å². The van der Waals surface area contributed by atoms with Crippen LogP contribution in [0.1, 0.15) is 12.5 Å². The number of fused-ring (bicyclic) bond motifs is 1. The summed E-state index contributed by atoms with van der Waals surface area (Å²) < 4.78 is 16.5. The summed E-state index contributed by atoms with van der Waals surface area (Å²) in [5, 5.41) is 5.26. The molecule has 1 aliphatic heterocycles. The van der Waals surface area contributed by atoms with Crippen LogP contribution in [0.15, 0.2) is 54.6 Å². The first-order chi connectivity index (χ1) is 13.1. The van der Waals surface area contributed by atoms with Crippen molar-refractivity contribution in [3.63, 3.8) is 0 Å². The molecule has 7 nitrogen and oxygen atoms in total. The Hall–Kier alpha value is -3.22. The topological polar surface area (TPSA) is 85.9 Å². The number of amides is 2. The molecule has 1 aliphatic rings. The van der Waals surface area contributed by atoms with Crippen molar-refractivity contribution in [1.82, 2.24) is 10.6 Å². The van der Waals surface area contributed by atoms with Gasteiger partial charge in [0.1, 0.15) is 25.4 Å². The van der Waals surface area contributed by atoms with Crippen molar-refractivity contribution in [2.24, 2.45) is 0 Å². The standard InChI is InChI=1S/C20H22N2O5/c1-14(22-20(24)26-12-15-7-3-2-4-8-15)19(23)21-11-16-13-25-17-9-5-6-10-18(17)27-16/h2-10,14,16H,11-13H2,1H3,(H,21,23)(H,22,24)/t14-,16+/m0/s1. The highest BCUT2D eigenvalue weighted by Gasteiger charge is 2.23. The zero-order valence-electron chi connectivity index (χ0n) is 15.0. The van der Waals surface area contributed by atoms with Gasteiger partial charge in [-0.3, -0.25) is 4.79 Å². The van der Waals surface area contributed by atoms with Gasteiger partial charge in [0.15, 0.2) is 11.5 Å². The van der Waals surface area contributed by atoms with E-state index in [9.17, 15) is 9.59 Å². The first-order valence-electron chi connectivity index (χ1n) is 8.75. The Balaban J connectivity index is 1.38. The second-order valence-electron chi connectivity index (χ2n) is 6.17. The number of ether oxygens (including phenoxy) is 3. The Morgan fingerprint density at radius 2 is 1.81 bits per heavy atom. The molecule has 0 aliphatic carbocycles. The molecule has 0 radical (unpaired) electrons. The minimum Gasteiger partial charge on any atom is -0.486 e. The van der Waals surface area contributed by atoms with Gasteiger partial charge in [0.05, 0.1) is 6.54 Å². The number of nitrogens with one attached hydrogen (secondary N) is 2. The van der Waals surface area contributed by atoms with Gasteiger partial charge in [-0.05, 0) is 24.6 Å². The Kier molecular flexibility index (Phi) is 6.14. The smallest absolute Gasteiger partial charge is 0.408 e. The van der Waals surface area contributed by atoms with Crippen molar-refractivity contribution in [2.75, 3.05) is 13.2 Å². The van der Waals surface area contributed by atoms with Gasteiger partial charge in [-0.15, -0.1) is 0 Å². The van der Waals surface area contributed by atoms with E-state index in [1.54, 1.807) is 6.92 Å². The molecule has 0 fully saturated rings. The number of benzene rings is 2. The minimum atomic E-state index is -0.731. The summed E-state index contributed by atoms with van der Waals surface area (Å²) in [5.74, 6) is 1.02. The fraction of sp³-hybridized carbons (Fsp3) is 0.300. The predicted molar refractivity (Wildman–Crippen MR) is 98.6 cm³/mol. The van der Waals surface area contributed by atoms with Crippen LogP contribution < -0.4 is 20.1 Å². The molecule has 2 aromatic carbocycles. The van der Waals surface area contributed by atoms with E-state index in [0.29, 0.717) is 18.1 Å². The number of hydrogen-bond acceptors (Lipinski definition) is 5. The van der Waals surface area contributed by atoms with Crippen LogP contribution in [-0.4, -0.2) is 37.3 Å². The van der Waals surface area contributed by atoms with Gasteiger partial charge in [0.25, 0.3) is 0 Å². The number of carbonyl (C=O) groups excluding carboxylic acids is 2. The molecule has 2 atom stereocenters. The Morgan fingerprint density at radius 3 is 2.59 bits per heavy atom. The molecular formula is C20H22N2O5. The molecule has 142 valence electrons. The van der Waals surface area contributed by atoms with Crippen LogP contribution in [0.4, 0.5) is 4.79 Å². The van der Waals surface area contributed by atoms with E-state index < -0.39 is 12.1 Å². The van der Waals surface area contributed by atoms with E-state index in [1.165, 1.54) is 0 Å². The molecular weight excluding hydrogens is 348 g/mol. The molecule has 2 N–H and O–H groups in total. The van der Waals surface area contributed by atoms with Crippen molar-refractivity contribution >= 4 is 12.0 Å². The zero-order chi connectivity index (χ0) is 19.1. The predicted octanol–water partition coefficient (Wildman–Crippen LogP) is 2.26. The highest BCUT2D eigenvalue weighted by Crippen LogP contribution is 2.30. The maximum atomic E-state index is 12.2. The SMILES string of the molecule is C[C@H](NC(=O)OCc1ccccc1)C(=O)NC[C@@H]1COc2ccccc2O1.